The van der Waals surface area contributed by atoms with Crippen LogP contribution in [0.1, 0.15) is 64.4 Å². The van der Waals surface area contributed by atoms with Gasteiger partial charge in [-0.05, 0) is 37.8 Å². The van der Waals surface area contributed by atoms with Crippen LogP contribution in [0.15, 0.2) is 24.3 Å². The maximum atomic E-state index is 12.7. The van der Waals surface area contributed by atoms with Crippen molar-refractivity contribution in [3.63, 3.8) is 0 Å². The van der Waals surface area contributed by atoms with Crippen LogP contribution < -0.4 is 5.32 Å². The number of carbonyl (C=O) groups excluding carboxylic acids is 2. The predicted molar refractivity (Wildman–Crippen MR) is 101 cm³/mol. The lowest BCUT2D eigenvalue weighted by Gasteiger charge is -2.31. The molecule has 0 aliphatic heterocycles. The highest BCUT2D eigenvalue weighted by Crippen LogP contribution is 2.21. The summed E-state index contributed by atoms with van der Waals surface area (Å²) in [5.74, 6) is -0.0721. The Balaban J connectivity index is 2.08. The van der Waals surface area contributed by atoms with Gasteiger partial charge in [0.05, 0.1) is 0 Å². The third-order valence-corrected chi connectivity index (χ3v) is 5.25. The Morgan fingerprint density at radius 1 is 1.24 bits per heavy atom. The molecule has 0 unspecified atom stereocenters. The summed E-state index contributed by atoms with van der Waals surface area (Å²) >= 11 is 6.25. The number of hydrogen-bond acceptors (Lipinski definition) is 2. The number of halogens is 1. The van der Waals surface area contributed by atoms with Crippen molar-refractivity contribution in [1.82, 2.24) is 10.2 Å². The number of benzene rings is 1. The lowest BCUT2D eigenvalue weighted by atomic mass is 9.95. The first-order valence-corrected chi connectivity index (χ1v) is 9.74. The van der Waals surface area contributed by atoms with Gasteiger partial charge in [0.1, 0.15) is 6.04 Å². The Kier molecular flexibility index (Phi) is 7.76. The van der Waals surface area contributed by atoms with E-state index >= 15 is 0 Å². The molecule has 1 N–H and O–H groups in total. The van der Waals surface area contributed by atoms with E-state index < -0.39 is 6.04 Å². The van der Waals surface area contributed by atoms with E-state index in [1.165, 1.54) is 6.42 Å². The van der Waals surface area contributed by atoms with Gasteiger partial charge in [0, 0.05) is 24.0 Å². The van der Waals surface area contributed by atoms with Gasteiger partial charge in [-0.15, -0.1) is 0 Å². The zero-order chi connectivity index (χ0) is 18.2. The Bertz CT molecular complexity index is 585. The smallest absolute Gasteiger partial charge is 0.242 e. The molecule has 1 aliphatic carbocycles. The molecule has 5 heteroatoms. The Morgan fingerprint density at radius 2 is 1.92 bits per heavy atom. The minimum absolute atomic E-state index is 0.00582. The highest BCUT2D eigenvalue weighted by Gasteiger charge is 2.27. The van der Waals surface area contributed by atoms with Crippen LogP contribution in [-0.2, 0) is 16.1 Å². The quantitative estimate of drug-likeness (QED) is 0.783. The summed E-state index contributed by atoms with van der Waals surface area (Å²) < 4.78 is 0. The molecule has 0 radical (unpaired) electrons. The van der Waals surface area contributed by atoms with Crippen LogP contribution >= 0.6 is 11.6 Å². The first-order valence-electron chi connectivity index (χ1n) is 9.36. The second-order valence-corrected chi connectivity index (χ2v) is 7.29. The number of nitrogens with one attached hydrogen (secondary N) is 1. The number of hydrogen-bond donors (Lipinski definition) is 1. The fourth-order valence-electron chi connectivity index (χ4n) is 3.32. The summed E-state index contributed by atoms with van der Waals surface area (Å²) in [5.41, 5.74) is 0.867. The second-order valence-electron chi connectivity index (χ2n) is 6.88. The van der Waals surface area contributed by atoms with Gasteiger partial charge < -0.3 is 10.2 Å². The monoisotopic (exact) mass is 364 g/mol. The molecule has 0 aromatic heterocycles. The van der Waals surface area contributed by atoms with Crippen LogP contribution in [0.25, 0.3) is 0 Å². The number of amides is 2. The van der Waals surface area contributed by atoms with Crippen molar-refractivity contribution < 1.29 is 9.59 Å². The minimum Gasteiger partial charge on any atom is -0.352 e. The van der Waals surface area contributed by atoms with Crippen molar-refractivity contribution >= 4 is 23.4 Å². The molecule has 0 spiro atoms. The average Bonchev–Trinajstić information content (AvgIpc) is 2.61. The summed E-state index contributed by atoms with van der Waals surface area (Å²) in [5, 5.41) is 3.75. The van der Waals surface area contributed by atoms with Gasteiger partial charge in [-0.3, -0.25) is 9.59 Å². The van der Waals surface area contributed by atoms with E-state index in [0.29, 0.717) is 18.0 Å². The zero-order valence-corrected chi connectivity index (χ0v) is 16.0. The molecule has 1 aromatic rings. The second kappa shape index (κ2) is 9.81. The molecule has 1 atom stereocenters. The van der Waals surface area contributed by atoms with Crippen LogP contribution in [0.3, 0.4) is 0 Å². The molecule has 138 valence electrons. The molecule has 25 heavy (non-hydrogen) atoms. The van der Waals surface area contributed by atoms with E-state index in [9.17, 15) is 9.59 Å². The van der Waals surface area contributed by atoms with Crippen molar-refractivity contribution in [2.75, 3.05) is 0 Å². The molecule has 2 amide bonds. The number of carbonyl (C=O) groups is 2. The van der Waals surface area contributed by atoms with Crippen molar-refractivity contribution in [3.8, 4) is 0 Å². The van der Waals surface area contributed by atoms with Gasteiger partial charge in [-0.25, -0.2) is 0 Å². The van der Waals surface area contributed by atoms with Gasteiger partial charge in [0.15, 0.2) is 0 Å². The summed E-state index contributed by atoms with van der Waals surface area (Å²) in [6.07, 6.45) is 6.84. The highest BCUT2D eigenvalue weighted by atomic mass is 35.5. The van der Waals surface area contributed by atoms with E-state index in [-0.39, 0.29) is 17.9 Å². The van der Waals surface area contributed by atoms with Gasteiger partial charge in [0.25, 0.3) is 0 Å². The van der Waals surface area contributed by atoms with E-state index in [2.05, 4.69) is 5.32 Å². The third kappa shape index (κ3) is 5.74. The van der Waals surface area contributed by atoms with Crippen molar-refractivity contribution in [1.29, 1.82) is 0 Å². The van der Waals surface area contributed by atoms with Gasteiger partial charge in [0.2, 0.25) is 11.8 Å². The fourth-order valence-corrected chi connectivity index (χ4v) is 3.51. The van der Waals surface area contributed by atoms with Crippen LogP contribution in [0.2, 0.25) is 5.02 Å². The summed E-state index contributed by atoms with van der Waals surface area (Å²) in [4.78, 5) is 27.0. The highest BCUT2D eigenvalue weighted by molar-refractivity contribution is 6.31. The lowest BCUT2D eigenvalue weighted by molar-refractivity contribution is -0.141. The predicted octanol–water partition coefficient (Wildman–Crippen LogP) is 4.31. The van der Waals surface area contributed by atoms with Crippen LogP contribution in [0.4, 0.5) is 0 Å². The zero-order valence-electron chi connectivity index (χ0n) is 15.3. The number of nitrogens with zero attached hydrogens (tertiary/aromatic N) is 1. The topological polar surface area (TPSA) is 49.4 Å². The normalized spacial score (nSPS) is 16.3. The lowest BCUT2D eigenvalue weighted by Crippen LogP contribution is -2.50. The molecule has 0 saturated heterocycles. The molecule has 4 nitrogen and oxygen atoms in total. The Hall–Kier alpha value is -1.55. The first-order chi connectivity index (χ1) is 12.0. The molecule has 1 aliphatic rings. The van der Waals surface area contributed by atoms with Crippen LogP contribution in [0.5, 0.6) is 0 Å². The molecular weight excluding hydrogens is 336 g/mol. The molecule has 0 bridgehead atoms. The number of rotatable bonds is 7. The summed E-state index contributed by atoms with van der Waals surface area (Å²) in [6.45, 7) is 4.14. The van der Waals surface area contributed by atoms with Crippen molar-refractivity contribution in [2.45, 2.75) is 77.4 Å². The molecule has 2 rings (SSSR count). The molecule has 0 heterocycles. The fraction of sp³-hybridized carbons (Fsp3) is 0.600. The standard InChI is InChI=1S/C20H29ClN2O2/c1-3-9-19(24)23(14-16-10-7-8-13-18(16)21)15(2)20(25)22-17-11-5-4-6-12-17/h7-8,10,13,15,17H,3-6,9,11-12,14H2,1-2H3,(H,22,25)/t15-/m1/s1. The van der Waals surface area contributed by atoms with Crippen LogP contribution in [-0.4, -0.2) is 28.8 Å². The molecule has 1 fully saturated rings. The maximum absolute atomic E-state index is 12.7. The largest absolute Gasteiger partial charge is 0.352 e. The van der Waals surface area contributed by atoms with E-state index in [0.717, 1.165) is 37.7 Å². The van der Waals surface area contributed by atoms with Crippen molar-refractivity contribution in [2.24, 2.45) is 0 Å². The summed E-state index contributed by atoms with van der Waals surface area (Å²) in [6, 6.07) is 7.22. The summed E-state index contributed by atoms with van der Waals surface area (Å²) in [7, 11) is 0. The van der Waals surface area contributed by atoms with Gasteiger partial charge in [-0.2, -0.15) is 0 Å². The van der Waals surface area contributed by atoms with E-state index in [1.807, 2.05) is 38.1 Å². The average molecular weight is 365 g/mol. The van der Waals surface area contributed by atoms with Gasteiger partial charge in [-0.1, -0.05) is 56.0 Å². The Morgan fingerprint density at radius 3 is 2.56 bits per heavy atom. The SMILES string of the molecule is CCCC(=O)N(Cc1ccccc1Cl)[C@H](C)C(=O)NC1CCCCC1. The van der Waals surface area contributed by atoms with Crippen LogP contribution in [0, 0.1) is 0 Å². The third-order valence-electron chi connectivity index (χ3n) is 4.88. The minimum atomic E-state index is -0.503. The first kappa shape index (κ1) is 19.8. The molecule has 1 saturated carbocycles. The maximum Gasteiger partial charge on any atom is 0.242 e. The molecular formula is C20H29ClN2O2. The Labute approximate surface area is 155 Å². The van der Waals surface area contributed by atoms with E-state index in [4.69, 9.17) is 11.6 Å². The molecule has 1 aromatic carbocycles. The van der Waals surface area contributed by atoms with E-state index in [1.54, 1.807) is 4.90 Å². The van der Waals surface area contributed by atoms with Gasteiger partial charge >= 0.3 is 0 Å². The van der Waals surface area contributed by atoms with Crippen molar-refractivity contribution in [3.05, 3.63) is 34.9 Å².